The molecule has 1 fully saturated rings. The van der Waals surface area contributed by atoms with Gasteiger partial charge in [-0.2, -0.15) is 0 Å². The molecule has 0 amide bonds. The van der Waals surface area contributed by atoms with Gasteiger partial charge in [-0.15, -0.1) is 0 Å². The molecule has 1 N–H and O–H groups in total. The summed E-state index contributed by atoms with van der Waals surface area (Å²) in [5.41, 5.74) is 2.05. The Kier molecular flexibility index (Phi) is 4.55. The van der Waals surface area contributed by atoms with Crippen molar-refractivity contribution in [2.24, 2.45) is 0 Å². The van der Waals surface area contributed by atoms with E-state index in [0.717, 1.165) is 30.2 Å². The minimum absolute atomic E-state index is 0.678. The molecular weight excluding hydrogens is 226 g/mol. The molecule has 1 aliphatic rings. The van der Waals surface area contributed by atoms with Gasteiger partial charge in [-0.05, 0) is 33.4 Å². The minimum Gasteiger partial charge on any atom is -0.497 e. The van der Waals surface area contributed by atoms with Crippen molar-refractivity contribution in [2.75, 3.05) is 27.2 Å². The van der Waals surface area contributed by atoms with Crippen molar-refractivity contribution in [2.45, 2.75) is 32.4 Å². The van der Waals surface area contributed by atoms with Crippen LogP contribution in [0.15, 0.2) is 12.1 Å². The third-order valence-electron chi connectivity index (χ3n) is 3.57. The number of likely N-dealkylation sites (N-methyl/N-ethyl adjacent to an activating group) is 1. The lowest BCUT2D eigenvalue weighted by Gasteiger charge is -2.19. The van der Waals surface area contributed by atoms with Crippen molar-refractivity contribution in [3.63, 3.8) is 0 Å². The van der Waals surface area contributed by atoms with E-state index in [0.29, 0.717) is 6.04 Å². The molecule has 2 rings (SSSR count). The fraction of sp³-hybridized carbons (Fsp3) is 0.643. The van der Waals surface area contributed by atoms with Gasteiger partial charge in [0.1, 0.15) is 5.75 Å². The fourth-order valence-corrected chi connectivity index (χ4v) is 2.52. The summed E-state index contributed by atoms with van der Waals surface area (Å²) in [7, 11) is 3.90. The molecule has 1 aromatic rings. The number of ether oxygens (including phenoxy) is 1. The first kappa shape index (κ1) is 13.3. The number of hydrogen-bond acceptors (Lipinski definition) is 4. The second-order valence-electron chi connectivity index (χ2n) is 5.05. The highest BCUT2D eigenvalue weighted by atomic mass is 16.5. The van der Waals surface area contributed by atoms with Gasteiger partial charge < -0.3 is 15.0 Å². The summed E-state index contributed by atoms with van der Waals surface area (Å²) < 4.78 is 5.26. The van der Waals surface area contributed by atoms with Crippen molar-refractivity contribution in [3.8, 4) is 5.75 Å². The van der Waals surface area contributed by atoms with Crippen molar-refractivity contribution in [1.29, 1.82) is 0 Å². The molecule has 2 heterocycles. The van der Waals surface area contributed by atoms with Crippen molar-refractivity contribution < 1.29 is 4.74 Å². The monoisotopic (exact) mass is 249 g/mol. The zero-order chi connectivity index (χ0) is 13.0. The summed E-state index contributed by atoms with van der Waals surface area (Å²) in [6, 6.07) is 4.63. The highest BCUT2D eigenvalue weighted by Gasteiger charge is 2.19. The van der Waals surface area contributed by atoms with Crippen LogP contribution >= 0.6 is 0 Å². The Labute approximate surface area is 109 Å². The lowest BCUT2D eigenvalue weighted by Crippen LogP contribution is -2.35. The largest absolute Gasteiger partial charge is 0.497 e. The molecule has 1 atom stereocenters. The van der Waals surface area contributed by atoms with Crippen LogP contribution in [0.5, 0.6) is 5.75 Å². The van der Waals surface area contributed by atoms with Crippen LogP contribution in [0, 0.1) is 6.92 Å². The minimum atomic E-state index is 0.678. The van der Waals surface area contributed by atoms with Gasteiger partial charge in [-0.1, -0.05) is 0 Å². The second kappa shape index (κ2) is 6.16. The van der Waals surface area contributed by atoms with E-state index >= 15 is 0 Å². The predicted octanol–water partition coefficient (Wildman–Crippen LogP) is 1.58. The average molecular weight is 249 g/mol. The van der Waals surface area contributed by atoms with Crippen molar-refractivity contribution >= 4 is 0 Å². The first-order valence-electron chi connectivity index (χ1n) is 6.61. The van der Waals surface area contributed by atoms with E-state index in [-0.39, 0.29) is 0 Å². The van der Waals surface area contributed by atoms with Gasteiger partial charge >= 0.3 is 0 Å². The third kappa shape index (κ3) is 3.43. The van der Waals surface area contributed by atoms with Crippen LogP contribution in [0.2, 0.25) is 0 Å². The molecule has 1 aliphatic heterocycles. The Morgan fingerprint density at radius 2 is 2.33 bits per heavy atom. The SMILES string of the molecule is COc1cc(C)nc(CNCC2CCCN2C)c1. The van der Waals surface area contributed by atoms with Crippen LogP contribution < -0.4 is 10.1 Å². The summed E-state index contributed by atoms with van der Waals surface area (Å²) in [4.78, 5) is 6.94. The van der Waals surface area contributed by atoms with Gasteiger partial charge in [0.2, 0.25) is 0 Å². The van der Waals surface area contributed by atoms with E-state index < -0.39 is 0 Å². The summed E-state index contributed by atoms with van der Waals surface area (Å²) in [5, 5.41) is 3.49. The maximum atomic E-state index is 5.26. The van der Waals surface area contributed by atoms with Gasteiger partial charge in [-0.25, -0.2) is 0 Å². The molecule has 0 radical (unpaired) electrons. The number of aromatic nitrogens is 1. The molecule has 0 spiro atoms. The highest BCUT2D eigenvalue weighted by Crippen LogP contribution is 2.15. The van der Waals surface area contributed by atoms with Crippen LogP contribution in [0.1, 0.15) is 24.2 Å². The first-order valence-corrected chi connectivity index (χ1v) is 6.61. The molecular formula is C14H23N3O. The highest BCUT2D eigenvalue weighted by molar-refractivity contribution is 5.26. The summed E-state index contributed by atoms with van der Waals surface area (Å²) in [6.07, 6.45) is 2.62. The van der Waals surface area contributed by atoms with Crippen LogP contribution in [0.4, 0.5) is 0 Å². The topological polar surface area (TPSA) is 37.4 Å². The summed E-state index contributed by atoms with van der Waals surface area (Å²) in [5.74, 6) is 0.886. The number of nitrogens with one attached hydrogen (secondary N) is 1. The van der Waals surface area contributed by atoms with Gasteiger partial charge in [0.15, 0.2) is 0 Å². The van der Waals surface area contributed by atoms with E-state index in [1.165, 1.54) is 19.4 Å². The van der Waals surface area contributed by atoms with E-state index in [1.807, 2.05) is 19.1 Å². The molecule has 0 aliphatic carbocycles. The Bertz CT molecular complexity index is 395. The summed E-state index contributed by atoms with van der Waals surface area (Å²) in [6.45, 7) is 5.07. The number of likely N-dealkylation sites (tertiary alicyclic amines) is 1. The van der Waals surface area contributed by atoms with Crippen LogP contribution in [-0.4, -0.2) is 43.2 Å². The number of rotatable bonds is 5. The summed E-state index contributed by atoms with van der Waals surface area (Å²) >= 11 is 0. The number of aryl methyl sites for hydroxylation is 1. The fourth-order valence-electron chi connectivity index (χ4n) is 2.52. The first-order chi connectivity index (χ1) is 8.69. The maximum Gasteiger partial charge on any atom is 0.122 e. The lowest BCUT2D eigenvalue weighted by atomic mass is 10.2. The van der Waals surface area contributed by atoms with Gasteiger partial charge in [0.25, 0.3) is 0 Å². The number of pyridine rings is 1. The normalized spacial score (nSPS) is 20.3. The van der Waals surface area contributed by atoms with Crippen LogP contribution in [0.3, 0.4) is 0 Å². The Morgan fingerprint density at radius 3 is 3.00 bits per heavy atom. The molecule has 0 saturated carbocycles. The van der Waals surface area contributed by atoms with Crippen molar-refractivity contribution in [3.05, 3.63) is 23.5 Å². The molecule has 1 aromatic heterocycles. The Hall–Kier alpha value is -1.13. The quantitative estimate of drug-likeness (QED) is 0.860. The third-order valence-corrected chi connectivity index (χ3v) is 3.57. The zero-order valence-corrected chi connectivity index (χ0v) is 11.6. The maximum absolute atomic E-state index is 5.26. The Morgan fingerprint density at radius 1 is 1.50 bits per heavy atom. The van der Waals surface area contributed by atoms with E-state index in [4.69, 9.17) is 4.74 Å². The van der Waals surface area contributed by atoms with Crippen LogP contribution in [0.25, 0.3) is 0 Å². The molecule has 0 aromatic carbocycles. The number of nitrogens with zero attached hydrogens (tertiary/aromatic N) is 2. The second-order valence-corrected chi connectivity index (χ2v) is 5.05. The Balaban J connectivity index is 1.84. The van der Waals surface area contributed by atoms with Crippen LogP contribution in [-0.2, 0) is 6.54 Å². The standard InChI is InChI=1S/C14H23N3O/c1-11-7-14(18-3)8-12(16-11)9-15-10-13-5-4-6-17(13)2/h7-8,13,15H,4-6,9-10H2,1-3H3. The molecule has 1 unspecified atom stereocenters. The predicted molar refractivity (Wildman–Crippen MR) is 72.9 cm³/mol. The molecule has 4 nitrogen and oxygen atoms in total. The molecule has 18 heavy (non-hydrogen) atoms. The van der Waals surface area contributed by atoms with E-state index in [1.54, 1.807) is 7.11 Å². The van der Waals surface area contributed by atoms with Crippen molar-refractivity contribution in [1.82, 2.24) is 15.2 Å². The number of methoxy groups -OCH3 is 1. The number of hydrogen-bond donors (Lipinski definition) is 1. The van der Waals surface area contributed by atoms with Gasteiger partial charge in [-0.3, -0.25) is 4.98 Å². The van der Waals surface area contributed by atoms with Gasteiger partial charge in [0, 0.05) is 37.0 Å². The average Bonchev–Trinajstić information content (AvgIpc) is 2.74. The van der Waals surface area contributed by atoms with Gasteiger partial charge in [0.05, 0.1) is 12.8 Å². The van der Waals surface area contributed by atoms with E-state index in [2.05, 4.69) is 22.2 Å². The zero-order valence-electron chi connectivity index (χ0n) is 11.6. The molecule has 1 saturated heterocycles. The molecule has 4 heteroatoms. The molecule has 0 bridgehead atoms. The van der Waals surface area contributed by atoms with E-state index in [9.17, 15) is 0 Å². The molecule has 100 valence electrons. The smallest absolute Gasteiger partial charge is 0.122 e. The lowest BCUT2D eigenvalue weighted by molar-refractivity contribution is 0.300.